The van der Waals surface area contributed by atoms with E-state index in [9.17, 15) is 29.7 Å². The maximum absolute atomic E-state index is 13.0. The van der Waals surface area contributed by atoms with Gasteiger partial charge in [0.2, 0.25) is 0 Å². The maximum atomic E-state index is 13.0. The number of aliphatic hydroxyl groups excluding tert-OH is 2. The highest BCUT2D eigenvalue weighted by Crippen LogP contribution is 2.73. The molecule has 0 spiro atoms. The van der Waals surface area contributed by atoms with E-state index in [1.54, 1.807) is 0 Å². The molecule has 3 N–H and O–H groups in total. The van der Waals surface area contributed by atoms with E-state index in [1.165, 1.54) is 20.1 Å². The van der Waals surface area contributed by atoms with Crippen LogP contribution in [0.3, 0.4) is 0 Å². The van der Waals surface area contributed by atoms with Crippen molar-refractivity contribution in [2.75, 3.05) is 7.11 Å². The van der Waals surface area contributed by atoms with Gasteiger partial charge in [-0.25, -0.2) is 0 Å². The summed E-state index contributed by atoms with van der Waals surface area (Å²) in [7, 11) is 1.51. The zero-order valence-corrected chi connectivity index (χ0v) is 21.2. The predicted molar refractivity (Wildman–Crippen MR) is 125 cm³/mol. The molecule has 0 amide bonds. The summed E-state index contributed by atoms with van der Waals surface area (Å²) in [6.07, 6.45) is 3.91. The smallest absolute Gasteiger partial charge is 0.302 e. The number of allylic oxidation sites excluding steroid dienone is 1. The van der Waals surface area contributed by atoms with E-state index in [1.807, 2.05) is 0 Å². The van der Waals surface area contributed by atoms with Crippen molar-refractivity contribution in [1.82, 2.24) is 0 Å². The summed E-state index contributed by atoms with van der Waals surface area (Å²) in [6.45, 7) is 3.46. The molecule has 4 saturated carbocycles. The molecule has 0 unspecified atom stereocenters. The third kappa shape index (κ3) is 3.12. The van der Waals surface area contributed by atoms with Gasteiger partial charge in [0.15, 0.2) is 12.1 Å². The fourth-order valence-electron chi connectivity index (χ4n) is 9.62. The van der Waals surface area contributed by atoms with Gasteiger partial charge in [-0.3, -0.25) is 9.59 Å². The molecule has 0 aromatic rings. The van der Waals surface area contributed by atoms with Crippen LogP contribution in [-0.2, 0) is 28.6 Å². The fraction of sp³-hybridized carbons (Fsp3) is 0.815. The van der Waals surface area contributed by atoms with Gasteiger partial charge in [-0.2, -0.15) is 0 Å². The molecule has 0 aromatic heterocycles. The van der Waals surface area contributed by atoms with Gasteiger partial charge in [0.25, 0.3) is 0 Å². The second-order valence-corrected chi connectivity index (χ2v) is 12.0. The quantitative estimate of drug-likeness (QED) is 0.222. The summed E-state index contributed by atoms with van der Waals surface area (Å²) < 4.78 is 17.8. The third-order valence-corrected chi connectivity index (χ3v) is 10.9. The number of ether oxygens (including phenoxy) is 3. The van der Waals surface area contributed by atoms with Crippen LogP contribution >= 0.6 is 0 Å². The lowest BCUT2D eigenvalue weighted by molar-refractivity contribution is -0.343. The summed E-state index contributed by atoms with van der Waals surface area (Å²) in [6, 6.07) is 0. The van der Waals surface area contributed by atoms with Gasteiger partial charge in [-0.05, 0) is 56.3 Å². The van der Waals surface area contributed by atoms with Crippen LogP contribution in [0.2, 0.25) is 0 Å². The van der Waals surface area contributed by atoms with Crippen LogP contribution in [-0.4, -0.2) is 70.2 Å². The Bertz CT molecular complexity index is 965. The van der Waals surface area contributed by atoms with Crippen LogP contribution in [0, 0.1) is 34.5 Å². The molecule has 1 saturated heterocycles. The molecule has 36 heavy (non-hydrogen) atoms. The Kier molecular flexibility index (Phi) is 6.18. The van der Waals surface area contributed by atoms with Crippen LogP contribution in [0.5, 0.6) is 0 Å². The molecule has 5 fully saturated rings. The number of hydrogen-bond acceptors (Lipinski definition) is 9. The molecule has 1 heterocycles. The summed E-state index contributed by atoms with van der Waals surface area (Å²) in [4.78, 5) is 37.5. The van der Waals surface area contributed by atoms with Crippen molar-refractivity contribution in [3.63, 3.8) is 0 Å². The van der Waals surface area contributed by atoms with E-state index in [4.69, 9.17) is 14.2 Å². The Morgan fingerprint density at radius 3 is 2.42 bits per heavy atom. The highest BCUT2D eigenvalue weighted by molar-refractivity contribution is 5.92. The van der Waals surface area contributed by atoms with Crippen LogP contribution < -0.4 is 0 Å². The van der Waals surface area contributed by atoms with E-state index in [0.717, 1.165) is 19.0 Å². The molecular weight excluding hydrogens is 468 g/mol. The number of esters is 1. The Morgan fingerprint density at radius 2 is 1.78 bits per heavy atom. The van der Waals surface area contributed by atoms with Crippen molar-refractivity contribution in [2.45, 2.75) is 94.9 Å². The minimum Gasteiger partial charge on any atom is -0.515 e. The molecule has 5 aliphatic rings. The number of aliphatic hydroxyl groups is 3. The van der Waals surface area contributed by atoms with Gasteiger partial charge in [-0.1, -0.05) is 6.92 Å². The molecule has 9 nitrogen and oxygen atoms in total. The predicted octanol–water partition coefficient (Wildman–Crippen LogP) is 2.22. The number of carbonyl (C=O) groups excluding carboxylic acids is 3. The van der Waals surface area contributed by atoms with Crippen molar-refractivity contribution < 1.29 is 43.9 Å². The second-order valence-electron chi connectivity index (χ2n) is 12.0. The SMILES string of the molecule is CO[C@H]1O[C@]23CC[C@H]([C@H]1C(=O)C=CO)[C@@]2(C)CC[C@H]1[C@H]3CC[C@]2(O)C[C@@H](OC(C)=O)C[C@@H](O)[C@]12C=O. The lowest BCUT2D eigenvalue weighted by Gasteiger charge is -2.68. The lowest BCUT2D eigenvalue weighted by Crippen LogP contribution is -2.74. The maximum Gasteiger partial charge on any atom is 0.302 e. The number of fused-ring (bicyclic) bond motifs is 3. The van der Waals surface area contributed by atoms with Gasteiger partial charge in [0, 0.05) is 38.4 Å². The summed E-state index contributed by atoms with van der Waals surface area (Å²) >= 11 is 0. The van der Waals surface area contributed by atoms with Crippen LogP contribution in [0.25, 0.3) is 0 Å². The number of methoxy groups -OCH3 is 1. The van der Waals surface area contributed by atoms with Gasteiger partial charge < -0.3 is 34.3 Å². The van der Waals surface area contributed by atoms with Crippen LogP contribution in [0.15, 0.2) is 12.3 Å². The van der Waals surface area contributed by atoms with Crippen molar-refractivity contribution in [1.29, 1.82) is 0 Å². The number of carbonyl (C=O) groups is 3. The first kappa shape index (κ1) is 25.8. The van der Waals surface area contributed by atoms with Crippen molar-refractivity contribution in [3.8, 4) is 0 Å². The Labute approximate surface area is 211 Å². The summed E-state index contributed by atoms with van der Waals surface area (Å²) in [5.41, 5.74) is -3.90. The van der Waals surface area contributed by atoms with Gasteiger partial charge in [0.1, 0.15) is 12.4 Å². The first-order valence-corrected chi connectivity index (χ1v) is 13.1. The van der Waals surface area contributed by atoms with E-state index >= 15 is 0 Å². The van der Waals surface area contributed by atoms with Crippen molar-refractivity contribution in [2.24, 2.45) is 34.5 Å². The van der Waals surface area contributed by atoms with Gasteiger partial charge in [-0.15, -0.1) is 0 Å². The Morgan fingerprint density at radius 1 is 1.08 bits per heavy atom. The number of aldehydes is 1. The number of hydrogen-bond donors (Lipinski definition) is 3. The molecule has 0 aromatic carbocycles. The zero-order valence-electron chi connectivity index (χ0n) is 21.2. The van der Waals surface area contributed by atoms with Gasteiger partial charge >= 0.3 is 5.97 Å². The van der Waals surface area contributed by atoms with E-state index in [0.29, 0.717) is 25.7 Å². The highest BCUT2D eigenvalue weighted by Gasteiger charge is 2.77. The molecule has 200 valence electrons. The molecule has 1 aliphatic heterocycles. The van der Waals surface area contributed by atoms with Gasteiger partial charge in [0.05, 0.1) is 34.9 Å². The molecule has 2 bridgehead atoms. The van der Waals surface area contributed by atoms with Crippen molar-refractivity contribution >= 4 is 18.0 Å². The molecule has 5 rings (SSSR count). The number of ketones is 1. The minimum absolute atomic E-state index is 0.0153. The fourth-order valence-corrected chi connectivity index (χ4v) is 9.62. The normalized spacial score (nSPS) is 51.6. The standard InChI is InChI=1S/C27H38O9/c1-15(30)35-16-12-21(32)26(14-29)17-4-8-24(2)19-6-10-27(24,18(17)5-9-25(26,33)13-16)36-23(34-3)22(19)20(31)7-11-28/h7,11,14,16-19,21-23,28,32-33H,4-6,8-10,12-13H2,1-3H3/t16-,17-,18+,19+,21+,22-,23-,24+,25-,26-,27-/m0/s1. The van der Waals surface area contributed by atoms with E-state index in [2.05, 4.69) is 6.92 Å². The van der Waals surface area contributed by atoms with E-state index in [-0.39, 0.29) is 48.2 Å². The molecular formula is C27H38O9. The Hall–Kier alpha value is -1.81. The molecule has 9 heteroatoms. The van der Waals surface area contributed by atoms with Crippen molar-refractivity contribution in [3.05, 3.63) is 12.3 Å². The molecule has 11 atom stereocenters. The topological polar surface area (TPSA) is 140 Å². The average molecular weight is 507 g/mol. The summed E-state index contributed by atoms with van der Waals surface area (Å²) in [5, 5.41) is 32.6. The largest absolute Gasteiger partial charge is 0.515 e. The third-order valence-electron chi connectivity index (χ3n) is 10.9. The van der Waals surface area contributed by atoms with Crippen LogP contribution in [0.4, 0.5) is 0 Å². The minimum atomic E-state index is -1.49. The highest BCUT2D eigenvalue weighted by atomic mass is 16.7. The first-order valence-electron chi connectivity index (χ1n) is 13.1. The average Bonchev–Trinajstić information content (AvgIpc) is 2.98. The second kappa shape index (κ2) is 8.61. The monoisotopic (exact) mass is 506 g/mol. The van der Waals surface area contributed by atoms with Crippen LogP contribution in [0.1, 0.15) is 65.2 Å². The molecule has 0 radical (unpaired) electrons. The lowest BCUT2D eigenvalue weighted by atomic mass is 9.40. The molecule has 4 aliphatic carbocycles. The number of rotatable bonds is 5. The zero-order chi connectivity index (χ0) is 26.1. The first-order chi connectivity index (χ1) is 17.0. The summed E-state index contributed by atoms with van der Waals surface area (Å²) in [5.74, 6) is -1.70. The van der Waals surface area contributed by atoms with E-state index < -0.39 is 47.0 Å². The Balaban J connectivity index is 1.54.